The van der Waals surface area contributed by atoms with E-state index < -0.39 is 12.0 Å². The van der Waals surface area contributed by atoms with Crippen LogP contribution in [0, 0.1) is 0 Å². The molecule has 0 aliphatic carbocycles. The smallest absolute Gasteiger partial charge is 0.334 e. The van der Waals surface area contributed by atoms with Crippen molar-refractivity contribution >= 4 is 0 Å². The van der Waals surface area contributed by atoms with Gasteiger partial charge in [0.25, 0.3) is 0 Å². The number of nitrogens with zero attached hydrogens (tertiary/aromatic N) is 1. The Kier molecular flexibility index (Phi) is 3.64. The lowest BCUT2D eigenvalue weighted by molar-refractivity contribution is -0.144. The summed E-state index contributed by atoms with van der Waals surface area (Å²) in [6, 6.07) is 7.51. The summed E-state index contributed by atoms with van der Waals surface area (Å²) in [7, 11) is 0. The van der Waals surface area contributed by atoms with Crippen molar-refractivity contribution in [2.24, 2.45) is 0 Å². The number of aromatic nitrogens is 2. The number of alkyl halides is 3. The average molecular weight is 268 g/mol. The second-order valence-corrected chi connectivity index (χ2v) is 4.57. The van der Waals surface area contributed by atoms with E-state index in [-0.39, 0.29) is 0 Å². The molecular weight excluding hydrogens is 253 g/mol. The van der Waals surface area contributed by atoms with E-state index in [1.807, 2.05) is 24.3 Å². The summed E-state index contributed by atoms with van der Waals surface area (Å²) in [6.07, 6.45) is -2.20. The maximum absolute atomic E-state index is 12.4. The first-order valence-electron chi connectivity index (χ1n) is 6.14. The van der Waals surface area contributed by atoms with Crippen molar-refractivity contribution in [3.8, 4) is 11.3 Å². The summed E-state index contributed by atoms with van der Waals surface area (Å²) in [5.74, 6) is -0.518. The van der Waals surface area contributed by atoms with Crippen LogP contribution in [0.15, 0.2) is 30.5 Å². The number of H-pyrrole nitrogens is 1. The van der Waals surface area contributed by atoms with Gasteiger partial charge in [-0.3, -0.25) is 0 Å². The largest absolute Gasteiger partial charge is 0.449 e. The number of hydrogen-bond donors (Lipinski definition) is 1. The fourth-order valence-electron chi connectivity index (χ4n) is 1.84. The van der Waals surface area contributed by atoms with Crippen molar-refractivity contribution in [1.29, 1.82) is 0 Å². The maximum Gasteiger partial charge on any atom is 0.449 e. The van der Waals surface area contributed by atoms with Crippen LogP contribution >= 0.6 is 0 Å². The second-order valence-electron chi connectivity index (χ2n) is 4.57. The summed E-state index contributed by atoms with van der Waals surface area (Å²) >= 11 is 0. The zero-order valence-electron chi connectivity index (χ0n) is 10.8. The molecule has 0 amide bonds. The standard InChI is InChI=1S/C14H15F3N2/c1-3-9(2)10-4-6-11(7-5-10)12-8-18-13(19-12)14(15,16)17/h4-9H,3H2,1-2H3,(H,18,19). The summed E-state index contributed by atoms with van der Waals surface area (Å²) in [5.41, 5.74) is 2.26. The molecule has 1 heterocycles. The third-order valence-electron chi connectivity index (χ3n) is 3.25. The third-order valence-corrected chi connectivity index (χ3v) is 3.25. The number of hydrogen-bond acceptors (Lipinski definition) is 1. The lowest BCUT2D eigenvalue weighted by Crippen LogP contribution is -2.07. The van der Waals surface area contributed by atoms with Crippen molar-refractivity contribution in [3.05, 3.63) is 41.9 Å². The Bertz CT molecular complexity index is 541. The Hall–Kier alpha value is -1.78. The number of benzene rings is 1. The minimum atomic E-state index is -4.44. The lowest BCUT2D eigenvalue weighted by atomic mass is 9.97. The van der Waals surface area contributed by atoms with E-state index in [1.165, 1.54) is 11.8 Å². The van der Waals surface area contributed by atoms with Gasteiger partial charge in [-0.1, -0.05) is 38.1 Å². The van der Waals surface area contributed by atoms with Gasteiger partial charge in [0.2, 0.25) is 5.82 Å². The van der Waals surface area contributed by atoms with Gasteiger partial charge in [-0.05, 0) is 23.5 Å². The summed E-state index contributed by atoms with van der Waals surface area (Å²) in [5, 5.41) is 0. The van der Waals surface area contributed by atoms with Crippen LogP contribution in [0.3, 0.4) is 0 Å². The van der Waals surface area contributed by atoms with Crippen LogP contribution in [0.4, 0.5) is 13.2 Å². The number of aromatic amines is 1. The minimum Gasteiger partial charge on any atom is -0.334 e. The Morgan fingerprint density at radius 2 is 1.84 bits per heavy atom. The van der Waals surface area contributed by atoms with E-state index >= 15 is 0 Å². The third kappa shape index (κ3) is 2.97. The molecular formula is C14H15F3N2. The molecule has 2 rings (SSSR count). The van der Waals surface area contributed by atoms with E-state index in [1.54, 1.807) is 0 Å². The predicted molar refractivity (Wildman–Crippen MR) is 67.7 cm³/mol. The molecule has 1 unspecified atom stereocenters. The molecule has 0 spiro atoms. The number of rotatable bonds is 3. The van der Waals surface area contributed by atoms with Gasteiger partial charge in [0, 0.05) is 0 Å². The fraction of sp³-hybridized carbons (Fsp3) is 0.357. The lowest BCUT2D eigenvalue weighted by Gasteiger charge is -2.09. The molecule has 1 atom stereocenters. The molecule has 0 bridgehead atoms. The Morgan fingerprint density at radius 3 is 2.32 bits per heavy atom. The summed E-state index contributed by atoms with van der Waals surface area (Å²) in [4.78, 5) is 5.65. The highest BCUT2D eigenvalue weighted by atomic mass is 19.4. The fourth-order valence-corrected chi connectivity index (χ4v) is 1.84. The molecule has 0 saturated heterocycles. The predicted octanol–water partition coefficient (Wildman–Crippen LogP) is 4.61. The monoisotopic (exact) mass is 268 g/mol. The molecule has 0 fully saturated rings. The zero-order chi connectivity index (χ0) is 14.0. The summed E-state index contributed by atoms with van der Waals surface area (Å²) < 4.78 is 37.3. The van der Waals surface area contributed by atoms with Gasteiger partial charge in [0.1, 0.15) is 0 Å². The van der Waals surface area contributed by atoms with Crippen LogP contribution in [0.1, 0.15) is 37.6 Å². The summed E-state index contributed by atoms with van der Waals surface area (Å²) in [6.45, 7) is 4.22. The first-order valence-corrected chi connectivity index (χ1v) is 6.14. The van der Waals surface area contributed by atoms with Crippen LogP contribution in [-0.4, -0.2) is 9.97 Å². The average Bonchev–Trinajstić information content (AvgIpc) is 2.87. The molecule has 1 N–H and O–H groups in total. The van der Waals surface area contributed by atoms with Gasteiger partial charge in [-0.2, -0.15) is 13.2 Å². The molecule has 1 aromatic carbocycles. The number of imidazole rings is 1. The molecule has 0 radical (unpaired) electrons. The molecule has 0 aliphatic heterocycles. The van der Waals surface area contributed by atoms with E-state index in [9.17, 15) is 13.2 Å². The van der Waals surface area contributed by atoms with Crippen molar-refractivity contribution in [2.75, 3.05) is 0 Å². The van der Waals surface area contributed by atoms with Gasteiger partial charge in [-0.25, -0.2) is 4.98 Å². The highest BCUT2D eigenvalue weighted by Gasteiger charge is 2.34. The molecule has 0 aliphatic rings. The van der Waals surface area contributed by atoms with E-state index in [0.29, 0.717) is 17.2 Å². The normalized spacial score (nSPS) is 13.5. The van der Waals surface area contributed by atoms with Gasteiger partial charge in [0.05, 0.1) is 11.9 Å². The van der Waals surface area contributed by atoms with Gasteiger partial charge >= 0.3 is 6.18 Å². The van der Waals surface area contributed by atoms with E-state index in [4.69, 9.17) is 0 Å². The molecule has 2 aromatic rings. The van der Waals surface area contributed by atoms with Crippen LogP contribution < -0.4 is 0 Å². The topological polar surface area (TPSA) is 28.7 Å². The van der Waals surface area contributed by atoms with Crippen molar-refractivity contribution < 1.29 is 13.2 Å². The first-order chi connectivity index (χ1) is 8.91. The molecule has 0 saturated carbocycles. The van der Waals surface area contributed by atoms with Crippen molar-refractivity contribution in [1.82, 2.24) is 9.97 Å². The van der Waals surface area contributed by atoms with Crippen LogP contribution in [0.2, 0.25) is 0 Å². The van der Waals surface area contributed by atoms with Crippen molar-refractivity contribution in [2.45, 2.75) is 32.4 Å². The SMILES string of the molecule is CCC(C)c1ccc(-c2cnc(C(F)(F)F)[nH]2)cc1. The quantitative estimate of drug-likeness (QED) is 0.865. The highest BCUT2D eigenvalue weighted by Crippen LogP contribution is 2.29. The molecule has 102 valence electrons. The molecule has 2 nitrogen and oxygen atoms in total. The van der Waals surface area contributed by atoms with E-state index in [0.717, 1.165) is 6.42 Å². The molecule has 5 heteroatoms. The van der Waals surface area contributed by atoms with Crippen LogP contribution in [-0.2, 0) is 6.18 Å². The Balaban J connectivity index is 2.25. The second kappa shape index (κ2) is 5.07. The maximum atomic E-state index is 12.4. The van der Waals surface area contributed by atoms with Crippen LogP contribution in [0.25, 0.3) is 11.3 Å². The first kappa shape index (κ1) is 13.6. The number of halogens is 3. The minimum absolute atomic E-state index is 0.378. The highest BCUT2D eigenvalue weighted by molar-refractivity contribution is 5.59. The van der Waals surface area contributed by atoms with Crippen LogP contribution in [0.5, 0.6) is 0 Å². The molecule has 1 aromatic heterocycles. The van der Waals surface area contributed by atoms with Gasteiger partial charge < -0.3 is 4.98 Å². The Labute approximate surface area is 109 Å². The Morgan fingerprint density at radius 1 is 1.21 bits per heavy atom. The van der Waals surface area contributed by atoms with Crippen molar-refractivity contribution in [3.63, 3.8) is 0 Å². The van der Waals surface area contributed by atoms with Gasteiger partial charge in [-0.15, -0.1) is 0 Å². The zero-order valence-corrected chi connectivity index (χ0v) is 10.8. The number of nitrogens with one attached hydrogen (secondary N) is 1. The van der Waals surface area contributed by atoms with E-state index in [2.05, 4.69) is 23.8 Å². The van der Waals surface area contributed by atoms with Gasteiger partial charge in [0.15, 0.2) is 0 Å². The molecule has 19 heavy (non-hydrogen) atoms.